The van der Waals surface area contributed by atoms with E-state index >= 15 is 0 Å². The lowest BCUT2D eigenvalue weighted by atomic mass is 9.33. The van der Waals surface area contributed by atoms with Crippen LogP contribution in [0.2, 0.25) is 0 Å². The van der Waals surface area contributed by atoms with Crippen molar-refractivity contribution in [3.05, 3.63) is 53.6 Å². The molecule has 0 radical (unpaired) electrons. The Bertz CT molecular complexity index is 1410. The molecule has 246 valence electrons. The topological polar surface area (TPSA) is 104 Å². The average Bonchev–Trinajstić information content (AvgIpc) is 2.96. The van der Waals surface area contributed by atoms with Crippen molar-refractivity contribution in [2.75, 3.05) is 0 Å². The lowest BCUT2D eigenvalue weighted by Crippen LogP contribution is -2.68. The summed E-state index contributed by atoms with van der Waals surface area (Å²) in [7, 11) is 0. The Morgan fingerprint density at radius 3 is 2.22 bits per heavy atom. The van der Waals surface area contributed by atoms with E-state index in [0.29, 0.717) is 24.7 Å². The van der Waals surface area contributed by atoms with E-state index in [0.717, 1.165) is 37.7 Å². The summed E-state index contributed by atoms with van der Waals surface area (Å²) in [5.41, 5.74) is -0.376. The van der Waals surface area contributed by atoms with Gasteiger partial charge in [-0.15, -0.1) is 0 Å². The quantitative estimate of drug-likeness (QED) is 0.184. The van der Waals surface area contributed by atoms with Crippen LogP contribution in [0.4, 0.5) is 0 Å². The van der Waals surface area contributed by atoms with E-state index in [9.17, 15) is 24.9 Å². The minimum Gasteiger partial charge on any atom is -0.481 e. The number of aliphatic hydroxyl groups excluding tert-OH is 2. The smallest absolute Gasteiger partial charge is 0.331 e. The van der Waals surface area contributed by atoms with Gasteiger partial charge in [-0.3, -0.25) is 4.79 Å². The molecule has 10 atom stereocenters. The Morgan fingerprint density at radius 1 is 0.867 bits per heavy atom. The molecule has 6 heteroatoms. The summed E-state index contributed by atoms with van der Waals surface area (Å²) in [5.74, 6) is -1.04. The van der Waals surface area contributed by atoms with Gasteiger partial charge in [0.25, 0.3) is 0 Å². The second kappa shape index (κ2) is 10.5. The molecular weight excluding hydrogens is 564 g/mol. The molecule has 6 nitrogen and oxygen atoms in total. The second-order valence-electron chi connectivity index (χ2n) is 17.4. The minimum absolute atomic E-state index is 0.0610. The van der Waals surface area contributed by atoms with Crippen LogP contribution in [0.5, 0.6) is 0 Å². The Hall–Kier alpha value is -2.44. The van der Waals surface area contributed by atoms with Crippen molar-refractivity contribution in [1.29, 1.82) is 0 Å². The van der Waals surface area contributed by atoms with Gasteiger partial charge >= 0.3 is 11.9 Å². The summed E-state index contributed by atoms with van der Waals surface area (Å²) in [5, 5.41) is 34.1. The summed E-state index contributed by atoms with van der Waals surface area (Å²) in [6.45, 7) is 15.8. The molecule has 4 saturated carbocycles. The number of esters is 1. The van der Waals surface area contributed by atoms with Crippen LogP contribution < -0.4 is 0 Å². The summed E-state index contributed by atoms with van der Waals surface area (Å²) in [4.78, 5) is 26.4. The summed E-state index contributed by atoms with van der Waals surface area (Å²) in [6, 6.07) is 9.53. The molecule has 45 heavy (non-hydrogen) atoms. The van der Waals surface area contributed by atoms with Crippen molar-refractivity contribution in [3.63, 3.8) is 0 Å². The van der Waals surface area contributed by atoms with Gasteiger partial charge in [-0.05, 0) is 96.0 Å². The van der Waals surface area contributed by atoms with E-state index in [4.69, 9.17) is 4.74 Å². The fourth-order valence-corrected chi connectivity index (χ4v) is 11.8. The number of carbonyl (C=O) groups excluding carboxylic acids is 1. The molecule has 1 aromatic carbocycles. The van der Waals surface area contributed by atoms with Crippen molar-refractivity contribution in [3.8, 4) is 0 Å². The van der Waals surface area contributed by atoms with E-state index in [-0.39, 0.29) is 40.1 Å². The highest BCUT2D eigenvalue weighted by atomic mass is 16.5. The first kappa shape index (κ1) is 32.5. The molecule has 0 amide bonds. The van der Waals surface area contributed by atoms with Gasteiger partial charge in [-0.25, -0.2) is 4.79 Å². The highest BCUT2D eigenvalue weighted by Crippen LogP contribution is 2.75. The van der Waals surface area contributed by atoms with Crippen molar-refractivity contribution < 1.29 is 29.6 Å². The van der Waals surface area contributed by atoms with Crippen LogP contribution in [0, 0.1) is 50.2 Å². The molecule has 5 aliphatic carbocycles. The number of aliphatic carboxylic acids is 1. The van der Waals surface area contributed by atoms with Gasteiger partial charge in [0.1, 0.15) is 11.5 Å². The van der Waals surface area contributed by atoms with Gasteiger partial charge < -0.3 is 20.1 Å². The maximum atomic E-state index is 13.4. The predicted octanol–water partition coefficient (Wildman–Crippen LogP) is 7.44. The summed E-state index contributed by atoms with van der Waals surface area (Å²) >= 11 is 0. The molecule has 0 spiro atoms. The Labute approximate surface area is 269 Å². The first-order chi connectivity index (χ1) is 20.9. The number of rotatable bonds is 4. The number of hydrogen-bond donors (Lipinski definition) is 3. The van der Waals surface area contributed by atoms with Gasteiger partial charge in [0.15, 0.2) is 0 Å². The van der Waals surface area contributed by atoms with Gasteiger partial charge in [-0.1, -0.05) is 90.4 Å². The molecule has 0 saturated heterocycles. The minimum atomic E-state index is -1.42. The average molecular weight is 619 g/mol. The standard InChI is InChI=1S/C39H54O6/c1-34(2)21-26-25-14-15-28-36(5)19-18-29(40)35(3,4)27(36)17-20-37(28,6)38(25,7)22-30(41)39(26,33(43)44)23-31(34)45-32(42)16-13-24-11-9-8-10-12-24/h8-14,16,26-31,40-41H,15,17-23H2,1-7H3,(H,43,44)/b16-13+/t26-,27?,28+,29-,30+,31-,36-,37+,38+,39+/m0/s1. The zero-order valence-corrected chi connectivity index (χ0v) is 28.3. The van der Waals surface area contributed by atoms with Gasteiger partial charge in [0.2, 0.25) is 0 Å². The zero-order chi connectivity index (χ0) is 32.8. The number of carbonyl (C=O) groups is 2. The third-order valence-corrected chi connectivity index (χ3v) is 14.7. The fourth-order valence-electron chi connectivity index (χ4n) is 11.8. The maximum Gasteiger partial charge on any atom is 0.331 e. The highest BCUT2D eigenvalue weighted by Gasteiger charge is 2.72. The Balaban J connectivity index is 1.34. The van der Waals surface area contributed by atoms with E-state index in [2.05, 4.69) is 54.5 Å². The first-order valence-corrected chi connectivity index (χ1v) is 17.2. The van der Waals surface area contributed by atoms with Crippen LogP contribution in [0.25, 0.3) is 6.08 Å². The largest absolute Gasteiger partial charge is 0.481 e. The van der Waals surface area contributed by atoms with Crippen LogP contribution in [0.3, 0.4) is 0 Å². The van der Waals surface area contributed by atoms with E-state index < -0.39 is 35.0 Å². The maximum absolute atomic E-state index is 13.4. The third kappa shape index (κ3) is 4.55. The third-order valence-electron chi connectivity index (χ3n) is 14.7. The number of benzene rings is 1. The molecule has 4 fully saturated rings. The first-order valence-electron chi connectivity index (χ1n) is 17.2. The fraction of sp³-hybridized carbons (Fsp3) is 0.692. The lowest BCUT2D eigenvalue weighted by Gasteiger charge is -2.71. The Kier molecular flexibility index (Phi) is 7.61. The van der Waals surface area contributed by atoms with Crippen LogP contribution in [0.15, 0.2) is 48.1 Å². The number of carboxylic acid groups (broad SMARTS) is 1. The van der Waals surface area contributed by atoms with Crippen molar-refractivity contribution in [1.82, 2.24) is 0 Å². The van der Waals surface area contributed by atoms with E-state index in [1.165, 1.54) is 11.6 Å². The van der Waals surface area contributed by atoms with Crippen LogP contribution in [-0.4, -0.2) is 45.6 Å². The van der Waals surface area contributed by atoms with Gasteiger partial charge in [0, 0.05) is 17.9 Å². The van der Waals surface area contributed by atoms with Crippen LogP contribution in [0.1, 0.15) is 105 Å². The number of ether oxygens (including phenoxy) is 1. The van der Waals surface area contributed by atoms with Crippen LogP contribution in [-0.2, 0) is 14.3 Å². The van der Waals surface area contributed by atoms with Crippen LogP contribution >= 0.6 is 0 Å². The normalized spacial score (nSPS) is 44.9. The molecule has 0 aliphatic heterocycles. The number of carboxylic acids is 1. The SMILES string of the molecule is CC1(C)C[C@H]2C3=CC[C@@H]4[C@@]5(C)CC[C@H](O)C(C)(C)C5CC[C@@]4(C)[C@]3(C)C[C@@H](O)[C@@]2(C(=O)O)C[C@@H]1OC(=O)/C=C/c1ccccc1. The zero-order valence-electron chi connectivity index (χ0n) is 28.3. The number of fused-ring (bicyclic) bond motifs is 7. The highest BCUT2D eigenvalue weighted by molar-refractivity contribution is 5.87. The van der Waals surface area contributed by atoms with Crippen molar-refractivity contribution >= 4 is 18.0 Å². The Morgan fingerprint density at radius 2 is 1.56 bits per heavy atom. The van der Waals surface area contributed by atoms with Crippen molar-refractivity contribution in [2.24, 2.45) is 50.2 Å². The molecule has 1 unspecified atom stereocenters. The monoisotopic (exact) mass is 618 g/mol. The molecule has 5 aliphatic rings. The van der Waals surface area contributed by atoms with Gasteiger partial charge in [0.05, 0.1) is 12.2 Å². The molecule has 1 aromatic rings. The molecule has 3 N–H and O–H groups in total. The van der Waals surface area contributed by atoms with E-state index in [1.54, 1.807) is 6.08 Å². The van der Waals surface area contributed by atoms with E-state index in [1.807, 2.05) is 30.3 Å². The number of allylic oxidation sites excluding steroid dienone is 2. The van der Waals surface area contributed by atoms with Gasteiger partial charge in [-0.2, -0.15) is 0 Å². The molecule has 0 bridgehead atoms. The summed E-state index contributed by atoms with van der Waals surface area (Å²) < 4.78 is 6.03. The summed E-state index contributed by atoms with van der Waals surface area (Å²) in [6.07, 6.45) is 9.21. The molecular formula is C39H54O6. The second-order valence-corrected chi connectivity index (χ2v) is 17.4. The molecule has 0 heterocycles. The molecule has 0 aromatic heterocycles. The lowest BCUT2D eigenvalue weighted by molar-refractivity contribution is -0.227. The van der Waals surface area contributed by atoms with Crippen molar-refractivity contribution in [2.45, 2.75) is 118 Å². The molecule has 6 rings (SSSR count). The number of aliphatic hydroxyl groups is 2. The number of hydrogen-bond acceptors (Lipinski definition) is 5. The predicted molar refractivity (Wildman–Crippen MR) is 175 cm³/mol.